The Labute approximate surface area is 228 Å². The number of carbonyl (C=O) groups is 2. The maximum absolute atomic E-state index is 12.4. The molecule has 1 saturated heterocycles. The highest BCUT2D eigenvalue weighted by molar-refractivity contribution is 8.18. The summed E-state index contributed by atoms with van der Waals surface area (Å²) in [6.45, 7) is 0.295. The number of nitrogens with one attached hydrogen (secondary N) is 2. The van der Waals surface area contributed by atoms with Gasteiger partial charge in [-0.05, 0) is 70.9 Å². The summed E-state index contributed by atoms with van der Waals surface area (Å²) < 4.78 is 32.6. The van der Waals surface area contributed by atoms with Crippen LogP contribution < -0.4 is 14.8 Å². The first-order valence-corrected chi connectivity index (χ1v) is 14.0. The molecule has 194 valence electrons. The predicted molar refractivity (Wildman–Crippen MR) is 148 cm³/mol. The number of carbonyl (C=O) groups excluding carboxylic acids is 2. The highest BCUT2D eigenvalue weighted by Crippen LogP contribution is 2.30. The van der Waals surface area contributed by atoms with E-state index in [9.17, 15) is 18.0 Å². The van der Waals surface area contributed by atoms with Gasteiger partial charge in [0.2, 0.25) is 5.91 Å². The lowest BCUT2D eigenvalue weighted by Gasteiger charge is -2.12. The number of amides is 2. The Balaban J connectivity index is 1.15. The van der Waals surface area contributed by atoms with Crippen LogP contribution in [0, 0.1) is 0 Å². The highest BCUT2D eigenvalue weighted by atomic mass is 35.5. The van der Waals surface area contributed by atoms with Crippen LogP contribution >= 0.6 is 23.4 Å². The van der Waals surface area contributed by atoms with Gasteiger partial charge in [0, 0.05) is 17.3 Å². The summed E-state index contributed by atoms with van der Waals surface area (Å²) in [5.74, 6) is -0.181. The second-order valence-electron chi connectivity index (χ2n) is 8.44. The first kappa shape index (κ1) is 26.0. The van der Waals surface area contributed by atoms with E-state index in [1.165, 1.54) is 11.8 Å². The van der Waals surface area contributed by atoms with E-state index < -0.39 is 16.1 Å². The molecule has 0 unspecified atom stereocenters. The third-order valence-corrected chi connectivity index (χ3v) is 8.16. The highest BCUT2D eigenvalue weighted by Gasteiger charge is 2.33. The maximum atomic E-state index is 12.4. The summed E-state index contributed by atoms with van der Waals surface area (Å²) in [7, 11) is -3.78. The fourth-order valence-corrected chi connectivity index (χ4v) is 5.72. The zero-order chi connectivity index (χ0) is 26.7. The summed E-state index contributed by atoms with van der Waals surface area (Å²) in [4.78, 5) is 28.4. The van der Waals surface area contributed by atoms with Gasteiger partial charge in [-0.25, -0.2) is 4.72 Å². The molecule has 2 amide bonds. The number of hydrogen-bond acceptors (Lipinski definition) is 7. The fraction of sp³-hybridized carbons (Fsp3) is 0.115. The van der Waals surface area contributed by atoms with Crippen molar-refractivity contribution >= 4 is 62.3 Å². The van der Waals surface area contributed by atoms with Gasteiger partial charge in [-0.3, -0.25) is 9.59 Å². The molecule has 9 nitrogen and oxygen atoms in total. The Hall–Kier alpha value is -3.64. The number of anilines is 1. The predicted octanol–water partition coefficient (Wildman–Crippen LogP) is 4.18. The van der Waals surface area contributed by atoms with E-state index in [1.54, 1.807) is 30.3 Å². The molecule has 3 aromatic rings. The van der Waals surface area contributed by atoms with Crippen LogP contribution in [0.25, 0.3) is 6.08 Å². The third-order valence-electron chi connectivity index (χ3n) is 5.58. The molecule has 38 heavy (non-hydrogen) atoms. The lowest BCUT2D eigenvalue weighted by Crippen LogP contribution is -2.29. The van der Waals surface area contributed by atoms with Crippen molar-refractivity contribution in [1.29, 1.82) is 0 Å². The van der Waals surface area contributed by atoms with E-state index in [0.717, 1.165) is 15.4 Å². The molecule has 3 aromatic carbocycles. The van der Waals surface area contributed by atoms with Crippen molar-refractivity contribution in [2.24, 2.45) is 4.99 Å². The number of thioether (sulfide) groups is 1. The number of ether oxygens (including phenoxy) is 1. The Morgan fingerprint density at radius 1 is 1.00 bits per heavy atom. The van der Waals surface area contributed by atoms with Crippen LogP contribution in [0.15, 0.2) is 82.7 Å². The number of hydrogen-bond donors (Lipinski definition) is 2. The van der Waals surface area contributed by atoms with E-state index in [0.29, 0.717) is 38.7 Å². The van der Waals surface area contributed by atoms with Crippen molar-refractivity contribution in [3.63, 3.8) is 0 Å². The van der Waals surface area contributed by atoms with Gasteiger partial charge in [-0.15, -0.1) is 0 Å². The smallest absolute Gasteiger partial charge is 0.304 e. The Morgan fingerprint density at radius 3 is 2.34 bits per heavy atom. The zero-order valence-electron chi connectivity index (χ0n) is 19.8. The van der Waals surface area contributed by atoms with Crippen molar-refractivity contribution in [3.8, 4) is 5.75 Å². The summed E-state index contributed by atoms with van der Waals surface area (Å²) in [5.41, 5.74) is 3.25. The maximum Gasteiger partial charge on any atom is 0.304 e. The number of halogens is 1. The molecule has 0 aromatic heterocycles. The Bertz CT molecular complexity index is 1540. The number of benzene rings is 3. The fourth-order valence-electron chi connectivity index (χ4n) is 3.67. The van der Waals surface area contributed by atoms with Gasteiger partial charge in [0.1, 0.15) is 12.4 Å². The first-order chi connectivity index (χ1) is 18.2. The van der Waals surface area contributed by atoms with Gasteiger partial charge in [0.05, 0.1) is 11.4 Å². The molecule has 0 spiro atoms. The third kappa shape index (κ3) is 6.43. The zero-order valence-corrected chi connectivity index (χ0v) is 22.1. The molecule has 0 radical (unpaired) electrons. The summed E-state index contributed by atoms with van der Waals surface area (Å²) in [6, 6.07) is 21.9. The van der Waals surface area contributed by atoms with E-state index in [1.807, 2.05) is 53.3 Å². The van der Waals surface area contributed by atoms with Crippen molar-refractivity contribution in [3.05, 3.63) is 99.4 Å². The standard InChI is InChI=1S/C26H21ClN4O5S2/c27-20-7-1-19(2-8-20)16-36-22-11-5-17(6-12-22)13-23-25(33)29-26(37-23)28-21-9-3-18(4-10-21)14-31-15-24(32)30-38(31,34)35/h1-13H,14-16H2,(H,30,32)(H,28,29,33)/b23-13-. The van der Waals surface area contributed by atoms with Crippen LogP contribution in [0.3, 0.4) is 0 Å². The molecular formula is C26H21ClN4O5S2. The summed E-state index contributed by atoms with van der Waals surface area (Å²) in [6.07, 6.45) is 1.77. The molecule has 2 aliphatic rings. The van der Waals surface area contributed by atoms with Crippen LogP contribution in [-0.4, -0.2) is 36.2 Å². The van der Waals surface area contributed by atoms with Crippen molar-refractivity contribution in [2.75, 3.05) is 11.9 Å². The summed E-state index contributed by atoms with van der Waals surface area (Å²) in [5, 5.41) is 4.22. The molecule has 0 saturated carbocycles. The van der Waals surface area contributed by atoms with Crippen LogP contribution in [0.1, 0.15) is 16.7 Å². The number of amidine groups is 1. The van der Waals surface area contributed by atoms with E-state index >= 15 is 0 Å². The average Bonchev–Trinajstić information content (AvgIpc) is 3.36. The summed E-state index contributed by atoms with van der Waals surface area (Å²) >= 11 is 7.13. The van der Waals surface area contributed by atoms with Gasteiger partial charge in [0.25, 0.3) is 5.91 Å². The van der Waals surface area contributed by atoms with Crippen molar-refractivity contribution < 1.29 is 22.7 Å². The molecule has 0 bridgehead atoms. The molecule has 5 rings (SSSR count). The van der Waals surface area contributed by atoms with Crippen LogP contribution in [0.5, 0.6) is 5.75 Å². The topological polar surface area (TPSA) is 117 Å². The van der Waals surface area contributed by atoms with Crippen LogP contribution in [0.2, 0.25) is 5.02 Å². The monoisotopic (exact) mass is 568 g/mol. The second kappa shape index (κ2) is 11.0. The van der Waals surface area contributed by atoms with Crippen LogP contribution in [-0.2, 0) is 33.0 Å². The average molecular weight is 569 g/mol. The SMILES string of the molecule is O=C1CN(Cc2ccc(NC3=NC(=O)/C(=C/c4ccc(OCc5ccc(Cl)cc5)cc4)S3)cc2)S(=O)(=O)N1. The minimum absolute atomic E-state index is 0.0768. The van der Waals surface area contributed by atoms with Gasteiger partial charge < -0.3 is 10.1 Å². The molecule has 12 heteroatoms. The minimum Gasteiger partial charge on any atom is -0.489 e. The Morgan fingerprint density at radius 2 is 1.68 bits per heavy atom. The second-order valence-corrected chi connectivity index (χ2v) is 11.6. The first-order valence-electron chi connectivity index (χ1n) is 11.4. The van der Waals surface area contributed by atoms with E-state index in [2.05, 4.69) is 10.3 Å². The molecule has 1 fully saturated rings. The van der Waals surface area contributed by atoms with Crippen molar-refractivity contribution in [1.82, 2.24) is 9.03 Å². The lowest BCUT2D eigenvalue weighted by molar-refractivity contribution is -0.118. The largest absolute Gasteiger partial charge is 0.489 e. The number of rotatable bonds is 7. The number of aliphatic imine (C=N–C) groups is 1. The van der Waals surface area contributed by atoms with E-state index in [-0.39, 0.29) is 19.0 Å². The number of nitrogens with zero attached hydrogens (tertiary/aromatic N) is 2. The Kier molecular flexibility index (Phi) is 7.52. The van der Waals surface area contributed by atoms with Gasteiger partial charge in [-0.2, -0.15) is 17.7 Å². The van der Waals surface area contributed by atoms with Crippen LogP contribution in [0.4, 0.5) is 5.69 Å². The minimum atomic E-state index is -3.78. The van der Waals surface area contributed by atoms with Crippen molar-refractivity contribution in [2.45, 2.75) is 13.2 Å². The molecule has 0 atom stereocenters. The van der Waals surface area contributed by atoms with Gasteiger partial charge >= 0.3 is 10.2 Å². The van der Waals surface area contributed by atoms with Gasteiger partial charge in [0.15, 0.2) is 5.17 Å². The van der Waals surface area contributed by atoms with Gasteiger partial charge in [-0.1, -0.05) is 48.0 Å². The lowest BCUT2D eigenvalue weighted by atomic mass is 10.2. The molecule has 0 aliphatic carbocycles. The molecular weight excluding hydrogens is 548 g/mol. The molecule has 2 aliphatic heterocycles. The van der Waals surface area contributed by atoms with E-state index in [4.69, 9.17) is 16.3 Å². The quantitative estimate of drug-likeness (QED) is 0.411. The normalized spacial score (nSPS) is 17.9. The molecule has 2 N–H and O–H groups in total. The molecule has 2 heterocycles.